The maximum Gasteiger partial charge on any atom is 0.243 e. The number of hydrogen-bond donors (Lipinski definition) is 0. The number of hydrogen-bond acceptors (Lipinski definition) is 3. The third kappa shape index (κ3) is 3.29. The van der Waals surface area contributed by atoms with Gasteiger partial charge in [0.2, 0.25) is 10.0 Å². The van der Waals surface area contributed by atoms with Gasteiger partial charge in [-0.05, 0) is 29.7 Å². The smallest absolute Gasteiger partial charge is 0.243 e. The average molecular weight is 361 g/mol. The van der Waals surface area contributed by atoms with Crippen LogP contribution in [0.3, 0.4) is 0 Å². The van der Waals surface area contributed by atoms with Gasteiger partial charge in [-0.25, -0.2) is 12.7 Å². The molecule has 3 aromatic rings. The molecule has 0 spiro atoms. The molecule has 0 saturated heterocycles. The van der Waals surface area contributed by atoms with Crippen LogP contribution in [-0.2, 0) is 16.4 Å². The molecule has 24 heavy (non-hydrogen) atoms. The Kier molecular flexibility index (Phi) is 4.85. The molecule has 0 N–H and O–H groups in total. The van der Waals surface area contributed by atoms with Crippen molar-refractivity contribution in [2.24, 2.45) is 0 Å². The molecule has 0 aliphatic carbocycles. The lowest BCUT2D eigenvalue weighted by atomic mass is 10.1. The molecule has 2 aromatic carbocycles. The van der Waals surface area contributed by atoms with E-state index in [2.05, 4.69) is 4.98 Å². The summed E-state index contributed by atoms with van der Waals surface area (Å²) in [5, 5.41) is 1.80. The quantitative estimate of drug-likeness (QED) is 0.696. The molecule has 1 aromatic heterocycles. The van der Waals surface area contributed by atoms with Crippen molar-refractivity contribution in [1.82, 2.24) is 9.29 Å². The molecule has 6 heteroatoms. The molecule has 0 aliphatic rings. The van der Waals surface area contributed by atoms with E-state index in [-0.39, 0.29) is 4.90 Å². The minimum absolute atomic E-state index is 0.231. The molecule has 3 rings (SSSR count). The lowest BCUT2D eigenvalue weighted by molar-refractivity contribution is 0.471. The molecule has 0 atom stereocenters. The fraction of sp³-hybridized carbons (Fsp3) is 0.167. The second-order valence-corrected chi connectivity index (χ2v) is 7.91. The maximum absolute atomic E-state index is 13.0. The molecule has 1 heterocycles. The van der Waals surface area contributed by atoms with Crippen molar-refractivity contribution in [1.29, 1.82) is 0 Å². The first-order valence-electron chi connectivity index (χ1n) is 7.53. The zero-order valence-electron chi connectivity index (χ0n) is 13.2. The Morgan fingerprint density at radius 1 is 1.04 bits per heavy atom. The van der Waals surface area contributed by atoms with E-state index in [9.17, 15) is 8.42 Å². The molecular formula is C18H17ClN2O2S. The summed E-state index contributed by atoms with van der Waals surface area (Å²) in [7, 11) is -2.06. The predicted molar refractivity (Wildman–Crippen MR) is 96.7 cm³/mol. The summed E-state index contributed by atoms with van der Waals surface area (Å²) in [6, 6.07) is 16.2. The van der Waals surface area contributed by atoms with Gasteiger partial charge in [0.1, 0.15) is 0 Å². The van der Waals surface area contributed by atoms with Gasteiger partial charge >= 0.3 is 0 Å². The minimum atomic E-state index is -3.64. The van der Waals surface area contributed by atoms with Gasteiger partial charge in [-0.15, -0.1) is 0 Å². The molecule has 0 radical (unpaired) electrons. The molecule has 0 saturated carbocycles. The molecule has 0 fully saturated rings. The summed E-state index contributed by atoms with van der Waals surface area (Å²) in [6.45, 7) is 0.347. The van der Waals surface area contributed by atoms with Gasteiger partial charge in [-0.1, -0.05) is 41.9 Å². The Morgan fingerprint density at radius 3 is 2.50 bits per heavy atom. The number of benzene rings is 2. The van der Waals surface area contributed by atoms with Gasteiger partial charge in [0.25, 0.3) is 0 Å². The third-order valence-electron chi connectivity index (χ3n) is 3.91. The van der Waals surface area contributed by atoms with Gasteiger partial charge in [-0.2, -0.15) is 0 Å². The van der Waals surface area contributed by atoms with Crippen LogP contribution in [0.15, 0.2) is 65.7 Å². The van der Waals surface area contributed by atoms with Gasteiger partial charge in [0, 0.05) is 42.3 Å². The van der Waals surface area contributed by atoms with E-state index in [1.807, 2.05) is 36.4 Å². The number of sulfonamides is 1. The number of likely N-dealkylation sites (N-methyl/N-ethyl adjacent to an activating group) is 1. The van der Waals surface area contributed by atoms with Crippen molar-refractivity contribution in [3.8, 4) is 0 Å². The lowest BCUT2D eigenvalue weighted by Gasteiger charge is -2.18. The molecule has 0 aliphatic heterocycles. The highest BCUT2D eigenvalue weighted by Gasteiger charge is 2.23. The predicted octanol–water partition coefficient (Wildman–Crippen LogP) is 3.75. The van der Waals surface area contributed by atoms with Crippen molar-refractivity contribution in [2.45, 2.75) is 11.3 Å². The van der Waals surface area contributed by atoms with E-state index >= 15 is 0 Å². The number of rotatable bonds is 5. The Bertz CT molecular complexity index is 954. The SMILES string of the molecule is CN(CCc1ccccn1)S(=O)(=O)c1cccc2cccc(Cl)c12. The highest BCUT2D eigenvalue weighted by atomic mass is 35.5. The van der Waals surface area contributed by atoms with Crippen LogP contribution >= 0.6 is 11.6 Å². The standard InChI is InChI=1S/C18H17ClN2O2S/c1-21(13-11-15-8-2-3-12-20-15)24(22,23)17-10-5-7-14-6-4-9-16(19)18(14)17/h2-10,12H,11,13H2,1H3. The van der Waals surface area contributed by atoms with E-state index < -0.39 is 10.0 Å². The zero-order chi connectivity index (χ0) is 17.2. The fourth-order valence-corrected chi connectivity index (χ4v) is 4.33. The van der Waals surface area contributed by atoms with Crippen LogP contribution < -0.4 is 0 Å². The lowest BCUT2D eigenvalue weighted by Crippen LogP contribution is -2.29. The fourth-order valence-electron chi connectivity index (χ4n) is 2.58. The van der Waals surface area contributed by atoms with Gasteiger partial charge < -0.3 is 0 Å². The second-order valence-electron chi connectivity index (χ2n) is 5.49. The third-order valence-corrected chi connectivity index (χ3v) is 6.13. The topological polar surface area (TPSA) is 50.3 Å². The van der Waals surface area contributed by atoms with Gasteiger partial charge in [0.15, 0.2) is 0 Å². The van der Waals surface area contributed by atoms with Crippen molar-refractivity contribution in [3.63, 3.8) is 0 Å². The normalized spacial score (nSPS) is 12.0. The monoisotopic (exact) mass is 360 g/mol. The van der Waals surface area contributed by atoms with Gasteiger partial charge in [0.05, 0.1) is 4.90 Å². The number of fused-ring (bicyclic) bond motifs is 1. The summed E-state index contributed by atoms with van der Waals surface area (Å²) in [4.78, 5) is 4.46. The molecule has 0 bridgehead atoms. The molecule has 0 unspecified atom stereocenters. The summed E-state index contributed by atoms with van der Waals surface area (Å²) >= 11 is 6.25. The van der Waals surface area contributed by atoms with Crippen LogP contribution in [0.5, 0.6) is 0 Å². The summed E-state index contributed by atoms with van der Waals surface area (Å²) in [5.41, 5.74) is 0.857. The number of aromatic nitrogens is 1. The highest BCUT2D eigenvalue weighted by molar-refractivity contribution is 7.89. The van der Waals surface area contributed by atoms with Crippen LogP contribution in [-0.4, -0.2) is 31.3 Å². The molecule has 124 valence electrons. The highest BCUT2D eigenvalue weighted by Crippen LogP contribution is 2.31. The summed E-state index contributed by atoms with van der Waals surface area (Å²) in [5.74, 6) is 0. The largest absolute Gasteiger partial charge is 0.261 e. The Labute approximate surface area is 146 Å². The van der Waals surface area contributed by atoms with Crippen LogP contribution in [0.2, 0.25) is 5.02 Å². The average Bonchev–Trinajstić information content (AvgIpc) is 2.60. The van der Waals surface area contributed by atoms with E-state index in [0.29, 0.717) is 23.4 Å². The Balaban J connectivity index is 1.93. The van der Waals surface area contributed by atoms with Crippen LogP contribution in [0.4, 0.5) is 0 Å². The minimum Gasteiger partial charge on any atom is -0.261 e. The first-order chi connectivity index (χ1) is 11.5. The molecule has 4 nitrogen and oxygen atoms in total. The van der Waals surface area contributed by atoms with Crippen molar-refractivity contribution in [2.75, 3.05) is 13.6 Å². The van der Waals surface area contributed by atoms with Crippen LogP contribution in [0.25, 0.3) is 10.8 Å². The van der Waals surface area contributed by atoms with E-state index in [4.69, 9.17) is 11.6 Å². The zero-order valence-corrected chi connectivity index (χ0v) is 14.8. The first-order valence-corrected chi connectivity index (χ1v) is 9.35. The van der Waals surface area contributed by atoms with E-state index in [1.54, 1.807) is 31.4 Å². The van der Waals surface area contributed by atoms with Crippen molar-refractivity contribution in [3.05, 3.63) is 71.5 Å². The first kappa shape index (κ1) is 16.9. The molecular weight excluding hydrogens is 344 g/mol. The summed E-state index contributed by atoms with van der Waals surface area (Å²) in [6.07, 6.45) is 2.25. The Hall–Kier alpha value is -1.95. The van der Waals surface area contributed by atoms with E-state index in [0.717, 1.165) is 11.1 Å². The molecule has 0 amide bonds. The number of nitrogens with zero attached hydrogens (tertiary/aromatic N) is 2. The maximum atomic E-state index is 13.0. The van der Waals surface area contributed by atoms with Crippen molar-refractivity contribution >= 4 is 32.4 Å². The number of pyridine rings is 1. The second kappa shape index (κ2) is 6.89. The number of halogens is 1. The summed E-state index contributed by atoms with van der Waals surface area (Å²) < 4.78 is 27.3. The van der Waals surface area contributed by atoms with Gasteiger partial charge in [-0.3, -0.25) is 4.98 Å². The van der Waals surface area contributed by atoms with Crippen molar-refractivity contribution < 1.29 is 8.42 Å². The van der Waals surface area contributed by atoms with Crippen LogP contribution in [0.1, 0.15) is 5.69 Å². The Morgan fingerprint density at radius 2 is 1.79 bits per heavy atom. The van der Waals surface area contributed by atoms with Crippen LogP contribution in [0, 0.1) is 0 Å². The van der Waals surface area contributed by atoms with E-state index in [1.165, 1.54) is 4.31 Å².